The van der Waals surface area contributed by atoms with E-state index in [1.807, 2.05) is 12.3 Å². The minimum atomic E-state index is 0.00870. The Morgan fingerprint density at radius 1 is 1.64 bits per heavy atom. The van der Waals surface area contributed by atoms with E-state index in [2.05, 4.69) is 4.98 Å². The Morgan fingerprint density at radius 2 is 2.43 bits per heavy atom. The zero-order chi connectivity index (χ0) is 10.1. The number of hydrogen-bond donors (Lipinski definition) is 0. The van der Waals surface area contributed by atoms with E-state index in [1.54, 1.807) is 10.6 Å². The van der Waals surface area contributed by atoms with E-state index in [9.17, 15) is 4.79 Å². The number of rotatable bonds is 2. The minimum absolute atomic E-state index is 0.00870. The predicted octanol–water partition coefficient (Wildman–Crippen LogP) is 1.85. The average Bonchev–Trinajstić information content (AvgIpc) is 2.60. The summed E-state index contributed by atoms with van der Waals surface area (Å²) in [6.07, 6.45) is 2.32. The van der Waals surface area contributed by atoms with Gasteiger partial charge >= 0.3 is 0 Å². The van der Waals surface area contributed by atoms with E-state index >= 15 is 0 Å². The fourth-order valence-corrected chi connectivity index (χ4v) is 2.34. The number of nitrogens with zero attached hydrogens (tertiary/aromatic N) is 2. The van der Waals surface area contributed by atoms with Gasteiger partial charge < -0.3 is 0 Å². The van der Waals surface area contributed by atoms with Crippen molar-refractivity contribution < 1.29 is 0 Å². The summed E-state index contributed by atoms with van der Waals surface area (Å²) in [6, 6.07) is 0. The highest BCUT2D eigenvalue weighted by Gasteiger charge is 2.08. The molecule has 74 valence electrons. The van der Waals surface area contributed by atoms with Crippen molar-refractivity contribution in [2.24, 2.45) is 0 Å². The molecule has 3 nitrogen and oxygen atoms in total. The van der Waals surface area contributed by atoms with Crippen LogP contribution >= 0.6 is 22.9 Å². The molecule has 0 saturated heterocycles. The third kappa shape index (κ3) is 1.44. The number of aromatic nitrogens is 2. The third-order valence-corrected chi connectivity index (χ3v) is 3.06. The van der Waals surface area contributed by atoms with Crippen LogP contribution in [-0.2, 0) is 6.42 Å². The lowest BCUT2D eigenvalue weighted by molar-refractivity contribution is 0.954. The van der Waals surface area contributed by atoms with Gasteiger partial charge in [-0.3, -0.25) is 9.20 Å². The van der Waals surface area contributed by atoms with Gasteiger partial charge in [-0.25, -0.2) is 4.98 Å². The Kier molecular flexibility index (Phi) is 2.56. The van der Waals surface area contributed by atoms with Gasteiger partial charge in [0.25, 0.3) is 5.56 Å². The molecule has 0 fully saturated rings. The second-order valence-corrected chi connectivity index (χ2v) is 4.23. The van der Waals surface area contributed by atoms with Gasteiger partial charge in [0.05, 0.1) is 0 Å². The molecular formula is C9H9ClN2OS. The molecule has 0 radical (unpaired) electrons. The lowest BCUT2D eigenvalue weighted by Crippen LogP contribution is -2.20. The van der Waals surface area contributed by atoms with Crippen LogP contribution in [0.15, 0.2) is 16.4 Å². The molecular weight excluding hydrogens is 220 g/mol. The van der Waals surface area contributed by atoms with Crippen LogP contribution in [0.2, 0.25) is 0 Å². The second kappa shape index (κ2) is 3.71. The van der Waals surface area contributed by atoms with Gasteiger partial charge in [-0.05, 0) is 13.3 Å². The van der Waals surface area contributed by atoms with Crippen LogP contribution in [0.5, 0.6) is 0 Å². The summed E-state index contributed by atoms with van der Waals surface area (Å²) >= 11 is 7.09. The highest BCUT2D eigenvalue weighted by Crippen LogP contribution is 2.09. The molecule has 0 amide bonds. The van der Waals surface area contributed by atoms with Crippen molar-refractivity contribution in [3.8, 4) is 0 Å². The predicted molar refractivity (Wildman–Crippen MR) is 58.5 cm³/mol. The number of fused-ring (bicyclic) bond motifs is 1. The molecule has 0 bridgehead atoms. The van der Waals surface area contributed by atoms with Crippen molar-refractivity contribution >= 4 is 27.9 Å². The molecule has 0 spiro atoms. The highest BCUT2D eigenvalue weighted by atomic mass is 35.5. The lowest BCUT2D eigenvalue weighted by atomic mass is 10.2. The quantitative estimate of drug-likeness (QED) is 0.736. The summed E-state index contributed by atoms with van der Waals surface area (Å²) in [7, 11) is 0. The molecule has 2 heterocycles. The van der Waals surface area contributed by atoms with Crippen molar-refractivity contribution in [2.75, 3.05) is 5.88 Å². The van der Waals surface area contributed by atoms with Crippen molar-refractivity contribution in [1.29, 1.82) is 0 Å². The summed E-state index contributed by atoms with van der Waals surface area (Å²) in [5.74, 6) is 0.452. The van der Waals surface area contributed by atoms with Crippen molar-refractivity contribution in [3.63, 3.8) is 0 Å². The van der Waals surface area contributed by atoms with Gasteiger partial charge in [0, 0.05) is 28.7 Å². The number of aryl methyl sites for hydroxylation is 1. The highest BCUT2D eigenvalue weighted by molar-refractivity contribution is 7.15. The van der Waals surface area contributed by atoms with Crippen LogP contribution in [0.3, 0.4) is 0 Å². The molecule has 5 heteroatoms. The molecule has 2 aromatic rings. The Hall–Kier alpha value is -0.870. The molecule has 14 heavy (non-hydrogen) atoms. The molecule has 2 aromatic heterocycles. The molecule has 0 atom stereocenters. The first-order valence-corrected chi connectivity index (χ1v) is 5.66. The van der Waals surface area contributed by atoms with E-state index in [0.717, 1.165) is 16.2 Å². The van der Waals surface area contributed by atoms with Gasteiger partial charge in [0.2, 0.25) is 0 Å². The second-order valence-electron chi connectivity index (χ2n) is 2.98. The van der Waals surface area contributed by atoms with Gasteiger partial charge in [-0.1, -0.05) is 0 Å². The number of thiazole rings is 1. The van der Waals surface area contributed by atoms with E-state index in [1.165, 1.54) is 11.3 Å². The molecule has 0 aliphatic carbocycles. The van der Waals surface area contributed by atoms with E-state index in [4.69, 9.17) is 11.6 Å². The molecule has 0 saturated carbocycles. The maximum atomic E-state index is 11.9. The SMILES string of the molecule is Cc1nc2sccn2c(=O)c1CCCl. The Labute approximate surface area is 90.0 Å². The first-order chi connectivity index (χ1) is 6.74. The smallest absolute Gasteiger partial charge is 0.261 e. The van der Waals surface area contributed by atoms with Crippen molar-refractivity contribution in [3.05, 3.63) is 33.2 Å². The topological polar surface area (TPSA) is 34.4 Å². The number of hydrogen-bond acceptors (Lipinski definition) is 3. The molecule has 0 aromatic carbocycles. The fourth-order valence-electron chi connectivity index (χ4n) is 1.40. The molecule has 2 rings (SSSR count). The standard InChI is InChI=1S/C9H9ClN2OS/c1-6-7(2-3-10)8(13)12-4-5-14-9(12)11-6/h4-5H,2-3H2,1H3. The van der Waals surface area contributed by atoms with Gasteiger partial charge in [0.1, 0.15) is 0 Å². The third-order valence-electron chi connectivity index (χ3n) is 2.11. The lowest BCUT2D eigenvalue weighted by Gasteiger charge is -2.02. The normalized spacial score (nSPS) is 11.0. The maximum absolute atomic E-state index is 11.9. The summed E-state index contributed by atoms with van der Waals surface area (Å²) in [5.41, 5.74) is 1.52. The zero-order valence-corrected chi connectivity index (χ0v) is 9.23. The number of alkyl halides is 1. The summed E-state index contributed by atoms with van der Waals surface area (Å²) < 4.78 is 1.57. The first kappa shape index (κ1) is 9.68. The fraction of sp³-hybridized carbons (Fsp3) is 0.333. The molecule has 0 N–H and O–H groups in total. The van der Waals surface area contributed by atoms with Gasteiger partial charge in [-0.2, -0.15) is 0 Å². The summed E-state index contributed by atoms with van der Waals surface area (Å²) in [6.45, 7) is 1.85. The minimum Gasteiger partial charge on any atom is -0.269 e. The van der Waals surface area contributed by atoms with Crippen molar-refractivity contribution in [2.45, 2.75) is 13.3 Å². The molecule has 0 aliphatic heterocycles. The molecule has 0 aliphatic rings. The van der Waals surface area contributed by atoms with Gasteiger partial charge in [0.15, 0.2) is 4.96 Å². The van der Waals surface area contributed by atoms with Crippen LogP contribution in [0, 0.1) is 6.92 Å². The Bertz CT molecular complexity index is 517. The van der Waals surface area contributed by atoms with Crippen LogP contribution in [0.4, 0.5) is 0 Å². The van der Waals surface area contributed by atoms with E-state index < -0.39 is 0 Å². The largest absolute Gasteiger partial charge is 0.269 e. The summed E-state index contributed by atoms with van der Waals surface area (Å²) in [5, 5.41) is 1.85. The molecule has 0 unspecified atom stereocenters. The summed E-state index contributed by atoms with van der Waals surface area (Å²) in [4.78, 5) is 17.0. The van der Waals surface area contributed by atoms with Crippen LogP contribution < -0.4 is 5.56 Å². The van der Waals surface area contributed by atoms with Crippen molar-refractivity contribution in [1.82, 2.24) is 9.38 Å². The first-order valence-electron chi connectivity index (χ1n) is 4.25. The van der Waals surface area contributed by atoms with E-state index in [-0.39, 0.29) is 5.56 Å². The Morgan fingerprint density at radius 3 is 3.14 bits per heavy atom. The Balaban J connectivity index is 2.76. The maximum Gasteiger partial charge on any atom is 0.261 e. The monoisotopic (exact) mass is 228 g/mol. The average molecular weight is 229 g/mol. The van der Waals surface area contributed by atoms with E-state index in [0.29, 0.717) is 12.3 Å². The van der Waals surface area contributed by atoms with Gasteiger partial charge in [-0.15, -0.1) is 22.9 Å². The van der Waals surface area contributed by atoms with Crippen LogP contribution in [-0.4, -0.2) is 15.3 Å². The van der Waals surface area contributed by atoms with Crippen LogP contribution in [0.25, 0.3) is 4.96 Å². The van der Waals surface area contributed by atoms with Crippen LogP contribution in [0.1, 0.15) is 11.3 Å². The number of halogens is 1. The zero-order valence-electron chi connectivity index (χ0n) is 7.66.